The van der Waals surface area contributed by atoms with E-state index < -0.39 is 0 Å². The molecule has 0 N–H and O–H groups in total. The van der Waals surface area contributed by atoms with Crippen LogP contribution in [0.15, 0.2) is 42.5 Å². The van der Waals surface area contributed by atoms with Gasteiger partial charge in [-0.15, -0.1) is 0 Å². The molecule has 0 radical (unpaired) electrons. The van der Waals surface area contributed by atoms with Crippen molar-refractivity contribution in [1.29, 1.82) is 0 Å². The minimum Gasteiger partial charge on any atom is -0.496 e. The minimum atomic E-state index is 0.504. The molecule has 21 heavy (non-hydrogen) atoms. The van der Waals surface area contributed by atoms with Crippen molar-refractivity contribution in [2.24, 2.45) is 0 Å². The Morgan fingerprint density at radius 1 is 1.05 bits per heavy atom. The summed E-state index contributed by atoms with van der Waals surface area (Å²) in [6.45, 7) is 1.92. The first-order chi connectivity index (χ1) is 10.2. The van der Waals surface area contributed by atoms with Gasteiger partial charge in [-0.2, -0.15) is 0 Å². The lowest BCUT2D eigenvalue weighted by molar-refractivity contribution is 0.112. The SMILES string of the molecule is COc1ccc(-c2nc3ccccc3nc2C)cc1C=O. The highest BCUT2D eigenvalue weighted by Crippen LogP contribution is 2.27. The molecule has 3 aromatic rings. The lowest BCUT2D eigenvalue weighted by Crippen LogP contribution is -1.96. The second-order valence-electron chi connectivity index (χ2n) is 4.72. The van der Waals surface area contributed by atoms with Gasteiger partial charge < -0.3 is 4.74 Å². The van der Waals surface area contributed by atoms with Gasteiger partial charge in [0.2, 0.25) is 0 Å². The van der Waals surface area contributed by atoms with Crippen LogP contribution in [0.2, 0.25) is 0 Å². The van der Waals surface area contributed by atoms with Crippen LogP contribution in [0.5, 0.6) is 5.75 Å². The van der Waals surface area contributed by atoms with Crippen LogP contribution in [0.25, 0.3) is 22.3 Å². The number of hydrogen-bond donors (Lipinski definition) is 0. The van der Waals surface area contributed by atoms with Crippen LogP contribution in [-0.4, -0.2) is 23.4 Å². The predicted molar refractivity (Wildman–Crippen MR) is 81.7 cm³/mol. The molecule has 3 rings (SSSR count). The Morgan fingerprint density at radius 3 is 2.43 bits per heavy atom. The van der Waals surface area contributed by atoms with Gasteiger partial charge in [-0.1, -0.05) is 12.1 Å². The van der Waals surface area contributed by atoms with E-state index in [0.29, 0.717) is 11.3 Å². The number of aromatic nitrogens is 2. The van der Waals surface area contributed by atoms with Crippen LogP contribution in [0.3, 0.4) is 0 Å². The summed E-state index contributed by atoms with van der Waals surface area (Å²) in [5, 5.41) is 0. The fraction of sp³-hybridized carbons (Fsp3) is 0.118. The Bertz CT molecular complexity index is 828. The number of nitrogens with zero attached hydrogens (tertiary/aromatic N) is 2. The Hall–Kier alpha value is -2.75. The van der Waals surface area contributed by atoms with Crippen LogP contribution in [0, 0.1) is 6.92 Å². The van der Waals surface area contributed by atoms with E-state index in [-0.39, 0.29) is 0 Å². The van der Waals surface area contributed by atoms with Gasteiger partial charge in [0.15, 0.2) is 6.29 Å². The van der Waals surface area contributed by atoms with E-state index in [4.69, 9.17) is 4.74 Å². The molecule has 104 valence electrons. The van der Waals surface area contributed by atoms with Crippen molar-refractivity contribution in [2.45, 2.75) is 6.92 Å². The monoisotopic (exact) mass is 278 g/mol. The molecule has 0 saturated carbocycles. The Kier molecular flexibility index (Phi) is 3.36. The van der Waals surface area contributed by atoms with Crippen molar-refractivity contribution in [3.05, 3.63) is 53.7 Å². The van der Waals surface area contributed by atoms with Gasteiger partial charge in [0.25, 0.3) is 0 Å². The quantitative estimate of drug-likeness (QED) is 0.689. The number of carbonyl (C=O) groups is 1. The summed E-state index contributed by atoms with van der Waals surface area (Å²) in [5.74, 6) is 0.556. The molecule has 0 bridgehead atoms. The highest BCUT2D eigenvalue weighted by atomic mass is 16.5. The summed E-state index contributed by atoms with van der Waals surface area (Å²) >= 11 is 0. The number of benzene rings is 2. The summed E-state index contributed by atoms with van der Waals surface area (Å²) in [6.07, 6.45) is 0.784. The number of aryl methyl sites for hydroxylation is 1. The molecule has 0 aliphatic rings. The van der Waals surface area contributed by atoms with Crippen molar-refractivity contribution < 1.29 is 9.53 Å². The van der Waals surface area contributed by atoms with Gasteiger partial charge in [0.1, 0.15) is 5.75 Å². The number of aldehydes is 1. The van der Waals surface area contributed by atoms with Crippen molar-refractivity contribution in [2.75, 3.05) is 7.11 Å². The van der Waals surface area contributed by atoms with Crippen molar-refractivity contribution in [1.82, 2.24) is 9.97 Å². The molecule has 0 unspecified atom stereocenters. The Balaban J connectivity index is 2.20. The molecule has 2 aromatic carbocycles. The maximum Gasteiger partial charge on any atom is 0.153 e. The van der Waals surface area contributed by atoms with Gasteiger partial charge in [-0.3, -0.25) is 4.79 Å². The maximum atomic E-state index is 11.2. The van der Waals surface area contributed by atoms with Gasteiger partial charge in [0.05, 0.1) is 35.1 Å². The van der Waals surface area contributed by atoms with Crippen LogP contribution < -0.4 is 4.74 Å². The first-order valence-electron chi connectivity index (χ1n) is 6.60. The van der Waals surface area contributed by atoms with E-state index in [1.54, 1.807) is 19.2 Å². The normalized spacial score (nSPS) is 10.6. The summed E-state index contributed by atoms with van der Waals surface area (Å²) in [4.78, 5) is 20.4. The maximum absolute atomic E-state index is 11.2. The first-order valence-corrected chi connectivity index (χ1v) is 6.60. The highest BCUT2D eigenvalue weighted by molar-refractivity contribution is 5.84. The number of fused-ring (bicyclic) bond motifs is 1. The van der Waals surface area contributed by atoms with E-state index in [1.165, 1.54) is 0 Å². The van der Waals surface area contributed by atoms with Crippen molar-refractivity contribution >= 4 is 17.3 Å². The molecular weight excluding hydrogens is 264 g/mol. The minimum absolute atomic E-state index is 0.504. The number of methoxy groups -OCH3 is 1. The van der Waals surface area contributed by atoms with Crippen molar-refractivity contribution in [3.63, 3.8) is 0 Å². The van der Waals surface area contributed by atoms with Crippen LogP contribution in [0.1, 0.15) is 16.1 Å². The first kappa shape index (κ1) is 13.2. The van der Waals surface area contributed by atoms with E-state index in [0.717, 1.165) is 34.3 Å². The molecule has 0 aliphatic heterocycles. The van der Waals surface area contributed by atoms with E-state index in [2.05, 4.69) is 9.97 Å². The standard InChI is InChI=1S/C17H14N2O2/c1-11-17(19-15-6-4-3-5-14(15)18-11)12-7-8-16(21-2)13(9-12)10-20/h3-10H,1-2H3. The lowest BCUT2D eigenvalue weighted by Gasteiger charge is -2.09. The molecule has 4 heteroatoms. The zero-order chi connectivity index (χ0) is 14.8. The number of hydrogen-bond acceptors (Lipinski definition) is 4. The van der Waals surface area contributed by atoms with E-state index in [1.807, 2.05) is 37.3 Å². The largest absolute Gasteiger partial charge is 0.496 e. The third-order valence-electron chi connectivity index (χ3n) is 3.37. The summed E-state index contributed by atoms with van der Waals surface area (Å²) < 4.78 is 5.16. The van der Waals surface area contributed by atoms with Crippen LogP contribution in [0.4, 0.5) is 0 Å². The Labute approximate surface area is 122 Å². The number of rotatable bonds is 3. The van der Waals surface area contributed by atoms with Crippen LogP contribution in [-0.2, 0) is 0 Å². The average Bonchev–Trinajstić information content (AvgIpc) is 2.53. The molecule has 0 spiro atoms. The average molecular weight is 278 g/mol. The fourth-order valence-electron chi connectivity index (χ4n) is 2.34. The van der Waals surface area contributed by atoms with Gasteiger partial charge in [-0.25, -0.2) is 9.97 Å². The molecule has 1 heterocycles. The predicted octanol–water partition coefficient (Wildman–Crippen LogP) is 3.43. The van der Waals surface area contributed by atoms with E-state index in [9.17, 15) is 4.79 Å². The third kappa shape index (κ3) is 2.36. The van der Waals surface area contributed by atoms with E-state index >= 15 is 0 Å². The molecular formula is C17H14N2O2. The number of para-hydroxylation sites is 2. The van der Waals surface area contributed by atoms with Gasteiger partial charge in [-0.05, 0) is 37.3 Å². The molecule has 0 fully saturated rings. The number of ether oxygens (including phenoxy) is 1. The second-order valence-corrected chi connectivity index (χ2v) is 4.72. The topological polar surface area (TPSA) is 52.1 Å². The Morgan fingerprint density at radius 2 is 1.76 bits per heavy atom. The van der Waals surface area contributed by atoms with Crippen LogP contribution >= 0.6 is 0 Å². The molecule has 4 nitrogen and oxygen atoms in total. The molecule has 0 aliphatic carbocycles. The third-order valence-corrected chi connectivity index (χ3v) is 3.37. The summed E-state index contributed by atoms with van der Waals surface area (Å²) in [5.41, 5.74) is 4.66. The van der Waals surface area contributed by atoms with Gasteiger partial charge >= 0.3 is 0 Å². The molecule has 0 saturated heterocycles. The summed E-state index contributed by atoms with van der Waals surface area (Å²) in [7, 11) is 1.54. The van der Waals surface area contributed by atoms with Crippen molar-refractivity contribution in [3.8, 4) is 17.0 Å². The zero-order valence-corrected chi connectivity index (χ0v) is 11.8. The molecule has 1 aromatic heterocycles. The van der Waals surface area contributed by atoms with Gasteiger partial charge in [0, 0.05) is 5.56 Å². The lowest BCUT2D eigenvalue weighted by atomic mass is 10.1. The highest BCUT2D eigenvalue weighted by Gasteiger charge is 2.10. The summed E-state index contributed by atoms with van der Waals surface area (Å²) in [6, 6.07) is 13.2. The second kappa shape index (κ2) is 5.32. The molecule has 0 amide bonds. The zero-order valence-electron chi connectivity index (χ0n) is 11.8. The molecule has 0 atom stereocenters. The fourth-order valence-corrected chi connectivity index (χ4v) is 2.34. The number of carbonyl (C=O) groups excluding carboxylic acids is 1. The smallest absolute Gasteiger partial charge is 0.153 e.